The number of aliphatic hydroxyl groups excluding tert-OH is 1. The molecule has 0 aromatic heterocycles. The number of halogens is 1. The quantitative estimate of drug-likeness (QED) is 0.818. The molecule has 1 amide bonds. The third-order valence-electron chi connectivity index (χ3n) is 3.55. The number of carbonyl (C=O) groups excluding carboxylic acids is 1. The Morgan fingerprint density at radius 1 is 1.26 bits per heavy atom. The summed E-state index contributed by atoms with van der Waals surface area (Å²) in [4.78, 5) is 12.4. The molecule has 0 radical (unpaired) electrons. The Hall–Kier alpha value is -2.04. The van der Waals surface area contributed by atoms with Crippen molar-refractivity contribution in [1.82, 2.24) is 5.32 Å². The van der Waals surface area contributed by atoms with Crippen molar-refractivity contribution >= 4 is 17.5 Å². The van der Waals surface area contributed by atoms with Crippen molar-refractivity contribution in [3.8, 4) is 5.75 Å². The lowest BCUT2D eigenvalue weighted by Crippen LogP contribution is -2.30. The number of benzene rings is 2. The average molecular weight is 334 g/mol. The molecule has 0 aliphatic heterocycles. The van der Waals surface area contributed by atoms with E-state index in [0.29, 0.717) is 17.2 Å². The van der Waals surface area contributed by atoms with Crippen LogP contribution in [-0.4, -0.2) is 24.7 Å². The standard InChI is InChI=1S/C18H20ClNO3/c1-23-17-8-7-15(19)11-14(17)12-18(22)20-16(9-10-21)13-5-3-2-4-6-13/h2-8,11,16,21H,9-10,12H2,1H3,(H,20,22). The van der Waals surface area contributed by atoms with Gasteiger partial charge in [-0.05, 0) is 30.2 Å². The number of nitrogens with one attached hydrogen (secondary N) is 1. The molecule has 0 saturated carbocycles. The lowest BCUT2D eigenvalue weighted by molar-refractivity contribution is -0.121. The van der Waals surface area contributed by atoms with E-state index in [9.17, 15) is 9.90 Å². The van der Waals surface area contributed by atoms with E-state index < -0.39 is 0 Å². The summed E-state index contributed by atoms with van der Waals surface area (Å²) >= 11 is 5.99. The van der Waals surface area contributed by atoms with E-state index in [4.69, 9.17) is 16.3 Å². The largest absolute Gasteiger partial charge is 0.496 e. The summed E-state index contributed by atoms with van der Waals surface area (Å²) in [5.74, 6) is 0.482. The number of ether oxygens (including phenoxy) is 1. The number of aliphatic hydroxyl groups is 1. The summed E-state index contributed by atoms with van der Waals surface area (Å²) in [6, 6.07) is 14.6. The number of carbonyl (C=O) groups is 1. The van der Waals surface area contributed by atoms with Crippen molar-refractivity contribution in [2.45, 2.75) is 18.9 Å². The molecule has 0 spiro atoms. The van der Waals surface area contributed by atoms with E-state index in [2.05, 4.69) is 5.32 Å². The van der Waals surface area contributed by atoms with Crippen LogP contribution in [0.2, 0.25) is 5.02 Å². The van der Waals surface area contributed by atoms with Crippen LogP contribution in [-0.2, 0) is 11.2 Å². The van der Waals surface area contributed by atoms with Crippen LogP contribution in [0.5, 0.6) is 5.75 Å². The molecule has 0 bridgehead atoms. The highest BCUT2D eigenvalue weighted by Gasteiger charge is 2.16. The van der Waals surface area contributed by atoms with Crippen LogP contribution in [0.3, 0.4) is 0 Å². The first-order chi connectivity index (χ1) is 11.1. The smallest absolute Gasteiger partial charge is 0.225 e. The van der Waals surface area contributed by atoms with E-state index in [0.717, 1.165) is 11.1 Å². The third kappa shape index (κ3) is 4.98. The molecule has 0 fully saturated rings. The maximum absolute atomic E-state index is 12.4. The first-order valence-electron chi connectivity index (χ1n) is 7.41. The van der Waals surface area contributed by atoms with Crippen LogP contribution >= 0.6 is 11.6 Å². The Morgan fingerprint density at radius 2 is 2.00 bits per heavy atom. The van der Waals surface area contributed by atoms with Crippen LogP contribution in [0, 0.1) is 0 Å². The third-order valence-corrected chi connectivity index (χ3v) is 3.78. The van der Waals surface area contributed by atoms with Crippen LogP contribution in [0.4, 0.5) is 0 Å². The van der Waals surface area contributed by atoms with Crippen molar-refractivity contribution in [2.24, 2.45) is 0 Å². The number of rotatable bonds is 7. The van der Waals surface area contributed by atoms with Crippen molar-refractivity contribution in [1.29, 1.82) is 0 Å². The molecule has 4 nitrogen and oxygen atoms in total. The predicted octanol–water partition coefficient (Wildman–Crippen LogP) is 3.13. The Bertz CT molecular complexity index is 646. The van der Waals surface area contributed by atoms with E-state index in [-0.39, 0.29) is 25.0 Å². The number of hydrogen-bond acceptors (Lipinski definition) is 3. The topological polar surface area (TPSA) is 58.6 Å². The summed E-state index contributed by atoms with van der Waals surface area (Å²) < 4.78 is 5.26. The van der Waals surface area contributed by atoms with E-state index in [1.165, 1.54) is 0 Å². The van der Waals surface area contributed by atoms with Gasteiger partial charge in [0.1, 0.15) is 5.75 Å². The van der Waals surface area contributed by atoms with Crippen LogP contribution in [0.15, 0.2) is 48.5 Å². The van der Waals surface area contributed by atoms with E-state index >= 15 is 0 Å². The van der Waals surface area contributed by atoms with Gasteiger partial charge in [-0.1, -0.05) is 41.9 Å². The second kappa shape index (κ2) is 8.56. The van der Waals surface area contributed by atoms with Gasteiger partial charge in [-0.25, -0.2) is 0 Å². The molecule has 0 heterocycles. The molecule has 0 saturated heterocycles. The highest BCUT2D eigenvalue weighted by Crippen LogP contribution is 2.23. The molecule has 1 atom stereocenters. The maximum Gasteiger partial charge on any atom is 0.225 e. The predicted molar refractivity (Wildman–Crippen MR) is 90.7 cm³/mol. The van der Waals surface area contributed by atoms with Crippen molar-refractivity contribution in [2.75, 3.05) is 13.7 Å². The number of hydrogen-bond donors (Lipinski definition) is 2. The van der Waals surface area contributed by atoms with E-state index in [1.807, 2.05) is 30.3 Å². The average Bonchev–Trinajstić information content (AvgIpc) is 2.55. The van der Waals surface area contributed by atoms with Gasteiger partial charge < -0.3 is 15.2 Å². The maximum atomic E-state index is 12.4. The summed E-state index contributed by atoms with van der Waals surface area (Å²) in [5.41, 5.74) is 1.70. The van der Waals surface area contributed by atoms with E-state index in [1.54, 1.807) is 25.3 Å². The minimum atomic E-state index is -0.223. The molecule has 23 heavy (non-hydrogen) atoms. The monoisotopic (exact) mass is 333 g/mol. The fourth-order valence-corrected chi connectivity index (χ4v) is 2.63. The Balaban J connectivity index is 2.09. The van der Waals surface area contributed by atoms with Gasteiger partial charge in [0.2, 0.25) is 5.91 Å². The van der Waals surface area contributed by atoms with Crippen LogP contribution in [0.25, 0.3) is 0 Å². The second-order valence-electron chi connectivity index (χ2n) is 5.18. The zero-order chi connectivity index (χ0) is 16.7. The highest BCUT2D eigenvalue weighted by atomic mass is 35.5. The minimum Gasteiger partial charge on any atom is -0.496 e. The first-order valence-corrected chi connectivity index (χ1v) is 7.79. The normalized spacial score (nSPS) is 11.8. The Labute approximate surface area is 141 Å². The molecule has 2 rings (SSSR count). The second-order valence-corrected chi connectivity index (χ2v) is 5.61. The van der Waals surface area contributed by atoms with Gasteiger partial charge in [0, 0.05) is 17.2 Å². The molecular formula is C18H20ClNO3. The molecule has 0 aliphatic carbocycles. The summed E-state index contributed by atoms with van der Waals surface area (Å²) in [7, 11) is 1.56. The highest BCUT2D eigenvalue weighted by molar-refractivity contribution is 6.30. The van der Waals surface area contributed by atoms with Crippen molar-refractivity contribution < 1.29 is 14.6 Å². The summed E-state index contributed by atoms with van der Waals surface area (Å²) in [6.45, 7) is 0.000325. The Kier molecular flexibility index (Phi) is 6.44. The van der Waals surface area contributed by atoms with Gasteiger partial charge in [-0.15, -0.1) is 0 Å². The van der Waals surface area contributed by atoms with Gasteiger partial charge in [0.15, 0.2) is 0 Å². The van der Waals surface area contributed by atoms with Gasteiger partial charge in [-0.2, -0.15) is 0 Å². The fourth-order valence-electron chi connectivity index (χ4n) is 2.44. The van der Waals surface area contributed by atoms with Gasteiger partial charge >= 0.3 is 0 Å². The molecular weight excluding hydrogens is 314 g/mol. The summed E-state index contributed by atoms with van der Waals surface area (Å²) in [6.07, 6.45) is 0.626. The van der Waals surface area contributed by atoms with Gasteiger partial charge in [0.25, 0.3) is 0 Å². The lowest BCUT2D eigenvalue weighted by Gasteiger charge is -2.19. The van der Waals surface area contributed by atoms with Crippen LogP contribution in [0.1, 0.15) is 23.6 Å². The van der Waals surface area contributed by atoms with Crippen LogP contribution < -0.4 is 10.1 Å². The zero-order valence-corrected chi connectivity index (χ0v) is 13.7. The number of methoxy groups -OCH3 is 1. The molecule has 5 heteroatoms. The zero-order valence-electron chi connectivity index (χ0n) is 13.0. The number of amides is 1. The molecule has 122 valence electrons. The van der Waals surface area contributed by atoms with Gasteiger partial charge in [-0.3, -0.25) is 4.79 Å². The molecule has 2 aromatic rings. The SMILES string of the molecule is COc1ccc(Cl)cc1CC(=O)NC(CCO)c1ccccc1. The van der Waals surface area contributed by atoms with Crippen molar-refractivity contribution in [3.63, 3.8) is 0 Å². The van der Waals surface area contributed by atoms with Gasteiger partial charge in [0.05, 0.1) is 19.6 Å². The lowest BCUT2D eigenvalue weighted by atomic mass is 10.0. The molecule has 1 unspecified atom stereocenters. The summed E-state index contributed by atoms with van der Waals surface area (Å²) in [5, 5.41) is 12.7. The van der Waals surface area contributed by atoms with Crippen molar-refractivity contribution in [3.05, 3.63) is 64.7 Å². The molecule has 0 aliphatic rings. The molecule has 2 N–H and O–H groups in total. The fraction of sp³-hybridized carbons (Fsp3) is 0.278. The minimum absolute atomic E-state index is 0.000325. The Morgan fingerprint density at radius 3 is 2.65 bits per heavy atom. The molecule has 2 aromatic carbocycles. The first kappa shape index (κ1) is 17.3.